The van der Waals surface area contributed by atoms with Crippen LogP contribution in [-0.2, 0) is 9.84 Å². The fourth-order valence-electron chi connectivity index (χ4n) is 3.10. The number of carbonyl (C=O) groups excluding carboxylic acids is 1. The minimum atomic E-state index is -3.21. The summed E-state index contributed by atoms with van der Waals surface area (Å²) >= 11 is 0. The molecule has 0 atom stereocenters. The Hall–Kier alpha value is -1.40. The summed E-state index contributed by atoms with van der Waals surface area (Å²) in [7, 11) is -3.21. The van der Waals surface area contributed by atoms with Crippen molar-refractivity contribution in [3.05, 3.63) is 29.8 Å². The number of piperidine rings is 1. The molecule has 5 nitrogen and oxygen atoms in total. The number of hydrogen-bond donors (Lipinski definition) is 1. The average molecular weight is 350 g/mol. The summed E-state index contributed by atoms with van der Waals surface area (Å²) in [5, 5.41) is 3.61. The standard InChI is InChI=1S/C18H26N2O3S/c1-2-24(22,23)17-7-5-15(6-8-17)18(21)20-11-9-16(10-12-20)19-13-14-3-4-14/h5-8,14,16,19H,2-4,9-13H2,1H3. The maximum Gasteiger partial charge on any atom is 0.253 e. The molecule has 2 fully saturated rings. The van der Waals surface area contributed by atoms with Crippen LogP contribution in [0.3, 0.4) is 0 Å². The third-order valence-corrected chi connectivity index (χ3v) is 6.77. The van der Waals surface area contributed by atoms with E-state index in [9.17, 15) is 13.2 Å². The van der Waals surface area contributed by atoms with Gasteiger partial charge in [-0.2, -0.15) is 0 Å². The third-order valence-electron chi connectivity index (χ3n) is 5.01. The molecular weight excluding hydrogens is 324 g/mol. The van der Waals surface area contributed by atoms with Crippen LogP contribution in [0.25, 0.3) is 0 Å². The molecule has 6 heteroatoms. The van der Waals surface area contributed by atoms with Gasteiger partial charge >= 0.3 is 0 Å². The van der Waals surface area contributed by atoms with Crippen molar-refractivity contribution in [1.82, 2.24) is 10.2 Å². The molecule has 1 N–H and O–H groups in total. The summed E-state index contributed by atoms with van der Waals surface area (Å²) in [6.07, 6.45) is 4.68. The second-order valence-electron chi connectivity index (χ2n) is 6.85. The first kappa shape index (κ1) is 17.4. The van der Waals surface area contributed by atoms with Crippen molar-refractivity contribution in [2.45, 2.75) is 43.5 Å². The van der Waals surface area contributed by atoms with Gasteiger partial charge in [-0.05, 0) is 62.4 Å². The molecule has 0 unspecified atom stereocenters. The number of hydrogen-bond acceptors (Lipinski definition) is 4. The lowest BCUT2D eigenvalue weighted by atomic mass is 10.0. The largest absolute Gasteiger partial charge is 0.339 e. The zero-order valence-corrected chi connectivity index (χ0v) is 15.0. The quantitative estimate of drug-likeness (QED) is 0.853. The molecule has 0 aromatic heterocycles. The molecule has 3 rings (SSSR count). The Morgan fingerprint density at radius 3 is 2.29 bits per heavy atom. The molecule has 1 heterocycles. The Kier molecular flexibility index (Phi) is 5.25. The Morgan fingerprint density at radius 2 is 1.75 bits per heavy atom. The summed E-state index contributed by atoms with van der Waals surface area (Å²) in [5.41, 5.74) is 0.564. The molecule has 1 amide bonds. The van der Waals surface area contributed by atoms with Crippen LogP contribution in [0.5, 0.6) is 0 Å². The summed E-state index contributed by atoms with van der Waals surface area (Å²) in [4.78, 5) is 14.7. The van der Waals surface area contributed by atoms with Gasteiger partial charge in [-0.1, -0.05) is 6.92 Å². The second kappa shape index (κ2) is 7.23. The minimum absolute atomic E-state index is 0.00362. The van der Waals surface area contributed by atoms with Crippen LogP contribution >= 0.6 is 0 Å². The van der Waals surface area contributed by atoms with Crippen molar-refractivity contribution in [2.75, 3.05) is 25.4 Å². The number of nitrogens with one attached hydrogen (secondary N) is 1. The van der Waals surface area contributed by atoms with E-state index < -0.39 is 9.84 Å². The van der Waals surface area contributed by atoms with Gasteiger partial charge in [-0.25, -0.2) is 8.42 Å². The molecule has 0 spiro atoms. The first-order valence-corrected chi connectivity index (χ1v) is 10.5. The van der Waals surface area contributed by atoms with E-state index in [0.29, 0.717) is 11.6 Å². The van der Waals surface area contributed by atoms with E-state index in [1.807, 2.05) is 4.90 Å². The van der Waals surface area contributed by atoms with E-state index in [4.69, 9.17) is 0 Å². The van der Waals surface area contributed by atoms with Crippen molar-refractivity contribution in [3.8, 4) is 0 Å². The normalized spacial score (nSPS) is 19.5. The van der Waals surface area contributed by atoms with Gasteiger partial charge < -0.3 is 10.2 Å². The number of nitrogens with zero attached hydrogens (tertiary/aromatic N) is 1. The predicted molar refractivity (Wildman–Crippen MR) is 93.8 cm³/mol. The summed E-state index contributed by atoms with van der Waals surface area (Å²) < 4.78 is 23.7. The molecule has 1 aliphatic heterocycles. The maximum atomic E-state index is 12.6. The predicted octanol–water partition coefficient (Wildman–Crippen LogP) is 2.08. The zero-order chi connectivity index (χ0) is 17.2. The SMILES string of the molecule is CCS(=O)(=O)c1ccc(C(=O)N2CCC(NCC3CC3)CC2)cc1. The smallest absolute Gasteiger partial charge is 0.253 e. The van der Waals surface area contributed by atoms with Gasteiger partial charge in [0, 0.05) is 24.7 Å². The second-order valence-corrected chi connectivity index (χ2v) is 9.12. The minimum Gasteiger partial charge on any atom is -0.339 e. The fraction of sp³-hybridized carbons (Fsp3) is 0.611. The highest BCUT2D eigenvalue weighted by molar-refractivity contribution is 7.91. The topological polar surface area (TPSA) is 66.5 Å². The fourth-order valence-corrected chi connectivity index (χ4v) is 3.98. The molecule has 1 saturated heterocycles. The van der Waals surface area contributed by atoms with Crippen LogP contribution < -0.4 is 5.32 Å². The van der Waals surface area contributed by atoms with Gasteiger partial charge in [-0.15, -0.1) is 0 Å². The number of carbonyl (C=O) groups is 1. The molecule has 132 valence electrons. The molecule has 1 saturated carbocycles. The average Bonchev–Trinajstić information content (AvgIpc) is 3.44. The first-order valence-electron chi connectivity index (χ1n) is 8.85. The van der Waals surface area contributed by atoms with Crippen LogP contribution in [-0.4, -0.2) is 50.7 Å². The van der Waals surface area contributed by atoms with E-state index in [2.05, 4.69) is 5.32 Å². The van der Waals surface area contributed by atoms with E-state index in [0.717, 1.165) is 38.4 Å². The Bertz CT molecular complexity index is 673. The third kappa shape index (κ3) is 4.16. The Balaban J connectivity index is 1.54. The van der Waals surface area contributed by atoms with Crippen molar-refractivity contribution in [3.63, 3.8) is 0 Å². The van der Waals surface area contributed by atoms with Gasteiger partial charge in [-0.3, -0.25) is 4.79 Å². The summed E-state index contributed by atoms with van der Waals surface area (Å²) in [6, 6.07) is 6.85. The highest BCUT2D eigenvalue weighted by atomic mass is 32.2. The number of likely N-dealkylation sites (tertiary alicyclic amines) is 1. The van der Waals surface area contributed by atoms with E-state index >= 15 is 0 Å². The van der Waals surface area contributed by atoms with Crippen LogP contribution in [0.2, 0.25) is 0 Å². The van der Waals surface area contributed by atoms with Crippen LogP contribution in [0.1, 0.15) is 43.0 Å². The van der Waals surface area contributed by atoms with Crippen molar-refractivity contribution >= 4 is 15.7 Å². The van der Waals surface area contributed by atoms with E-state index in [1.165, 1.54) is 25.0 Å². The highest BCUT2D eigenvalue weighted by Crippen LogP contribution is 2.28. The lowest BCUT2D eigenvalue weighted by Gasteiger charge is -2.32. The molecule has 0 radical (unpaired) electrons. The number of rotatable bonds is 6. The molecule has 1 aliphatic carbocycles. The molecule has 2 aliphatic rings. The maximum absolute atomic E-state index is 12.6. The number of sulfone groups is 1. The van der Waals surface area contributed by atoms with Crippen molar-refractivity contribution in [2.24, 2.45) is 5.92 Å². The van der Waals surface area contributed by atoms with Crippen LogP contribution in [0.4, 0.5) is 0 Å². The molecule has 24 heavy (non-hydrogen) atoms. The Morgan fingerprint density at radius 1 is 1.12 bits per heavy atom. The summed E-state index contributed by atoms with van der Waals surface area (Å²) in [6.45, 7) is 4.26. The first-order chi connectivity index (χ1) is 11.5. The van der Waals surface area contributed by atoms with E-state index in [1.54, 1.807) is 19.1 Å². The molecule has 1 aromatic carbocycles. The lowest BCUT2D eigenvalue weighted by Crippen LogP contribution is -2.45. The Labute approximate surface area is 144 Å². The van der Waals surface area contributed by atoms with Crippen LogP contribution in [0, 0.1) is 5.92 Å². The highest BCUT2D eigenvalue weighted by Gasteiger charge is 2.26. The van der Waals surface area contributed by atoms with Gasteiger partial charge in [0.1, 0.15) is 0 Å². The zero-order valence-electron chi connectivity index (χ0n) is 14.2. The number of amides is 1. The molecular formula is C18H26N2O3S. The van der Waals surface area contributed by atoms with Crippen molar-refractivity contribution < 1.29 is 13.2 Å². The molecule has 0 bridgehead atoms. The van der Waals surface area contributed by atoms with Gasteiger partial charge in [0.15, 0.2) is 9.84 Å². The summed E-state index contributed by atoms with van der Waals surface area (Å²) in [5.74, 6) is 0.945. The molecule has 1 aromatic rings. The number of benzene rings is 1. The monoisotopic (exact) mass is 350 g/mol. The van der Waals surface area contributed by atoms with E-state index in [-0.39, 0.29) is 16.6 Å². The van der Waals surface area contributed by atoms with Gasteiger partial charge in [0.2, 0.25) is 0 Å². The lowest BCUT2D eigenvalue weighted by molar-refractivity contribution is 0.0705. The van der Waals surface area contributed by atoms with Gasteiger partial charge in [0.25, 0.3) is 5.91 Å². The van der Waals surface area contributed by atoms with Gasteiger partial charge in [0.05, 0.1) is 10.6 Å². The van der Waals surface area contributed by atoms with Crippen LogP contribution in [0.15, 0.2) is 29.2 Å². The van der Waals surface area contributed by atoms with Crippen molar-refractivity contribution in [1.29, 1.82) is 0 Å².